The van der Waals surface area contributed by atoms with Crippen molar-refractivity contribution in [3.05, 3.63) is 77.9 Å². The van der Waals surface area contributed by atoms with Gasteiger partial charge in [-0.05, 0) is 29.7 Å². The van der Waals surface area contributed by atoms with Gasteiger partial charge in [0.2, 0.25) is 5.88 Å². The van der Waals surface area contributed by atoms with E-state index in [1.807, 2.05) is 41.3 Å². The fraction of sp³-hybridized carbons (Fsp3) is 0.304. The van der Waals surface area contributed by atoms with Crippen molar-refractivity contribution >= 4 is 15.3 Å². The van der Waals surface area contributed by atoms with Crippen molar-refractivity contribution in [2.24, 2.45) is 0 Å². The minimum absolute atomic E-state index is 0.00768. The maximum Gasteiger partial charge on any atom is 0.421 e. The van der Waals surface area contributed by atoms with Crippen LogP contribution in [0.25, 0.3) is 0 Å². The highest BCUT2D eigenvalue weighted by Crippen LogP contribution is 2.45. The van der Waals surface area contributed by atoms with Gasteiger partial charge < -0.3 is 14.4 Å². The van der Waals surface area contributed by atoms with Gasteiger partial charge in [-0.3, -0.25) is 0 Å². The summed E-state index contributed by atoms with van der Waals surface area (Å²) in [4.78, 5) is 1.96. The molecule has 3 heterocycles. The van der Waals surface area contributed by atoms with Crippen LogP contribution in [0.4, 0.5) is 19.0 Å². The lowest BCUT2D eigenvalue weighted by atomic mass is 10.1. The van der Waals surface area contributed by atoms with Crippen LogP contribution in [0.5, 0.6) is 11.6 Å². The third-order valence-electron chi connectivity index (χ3n) is 5.86. The van der Waals surface area contributed by atoms with Gasteiger partial charge in [0, 0.05) is 11.7 Å². The third-order valence-corrected chi connectivity index (χ3v) is 8.20. The molecule has 5 rings (SSSR count). The molecule has 0 saturated carbocycles. The van der Waals surface area contributed by atoms with E-state index in [-0.39, 0.29) is 18.5 Å². The Balaban J connectivity index is 1.36. The number of fused-ring (bicyclic) bond motifs is 1. The van der Waals surface area contributed by atoms with Gasteiger partial charge in [-0.2, -0.15) is 13.2 Å². The minimum atomic E-state index is -4.59. The Morgan fingerprint density at radius 2 is 1.72 bits per heavy atom. The maximum absolute atomic E-state index is 13.8. The second-order valence-electron chi connectivity index (χ2n) is 8.20. The van der Waals surface area contributed by atoms with Gasteiger partial charge in [0.15, 0.2) is 5.82 Å². The summed E-state index contributed by atoms with van der Waals surface area (Å²) >= 11 is 0. The lowest BCUT2D eigenvalue weighted by Crippen LogP contribution is -2.42. The molecule has 2 aromatic carbocycles. The summed E-state index contributed by atoms with van der Waals surface area (Å²) in [5.74, 6) is 0.513. The molecule has 9 heteroatoms. The van der Waals surface area contributed by atoms with Gasteiger partial charge in [-0.25, -0.2) is 0 Å². The first-order valence-electron chi connectivity index (χ1n) is 10.6. The molecule has 0 radical (unpaired) electrons. The first-order valence-corrected chi connectivity index (χ1v) is 12.2. The summed E-state index contributed by atoms with van der Waals surface area (Å²) in [6.45, 7) is 0.492. The number of alkyl halides is 3. The van der Waals surface area contributed by atoms with E-state index in [9.17, 15) is 13.2 Å². The number of hydrogen-bond donors (Lipinski definition) is 0. The quantitative estimate of drug-likeness (QED) is 0.523. The number of piperidine rings is 1. The van der Waals surface area contributed by atoms with Crippen LogP contribution in [0.3, 0.4) is 0 Å². The largest absolute Gasteiger partial charge is 0.489 e. The molecular weight excluding hydrogens is 435 g/mol. The summed E-state index contributed by atoms with van der Waals surface area (Å²) in [7, 11) is -0.390. The van der Waals surface area contributed by atoms with Gasteiger partial charge >= 0.3 is 6.18 Å². The Labute approximate surface area is 186 Å². The number of rotatable bonds is 6. The van der Waals surface area contributed by atoms with E-state index in [1.54, 1.807) is 24.3 Å². The first kappa shape index (κ1) is 20.8. The van der Waals surface area contributed by atoms with E-state index in [0.29, 0.717) is 17.8 Å². The average Bonchev–Trinajstić information content (AvgIpc) is 3.57. The van der Waals surface area contributed by atoms with Crippen LogP contribution >= 0.6 is 0 Å². The second kappa shape index (κ2) is 8.46. The molecule has 2 unspecified atom stereocenters. The molecule has 2 fully saturated rings. The molecule has 2 aliphatic heterocycles. The highest BCUT2D eigenvalue weighted by molar-refractivity contribution is 6.55. The molecule has 0 bridgehead atoms. The van der Waals surface area contributed by atoms with E-state index in [4.69, 9.17) is 9.47 Å². The van der Waals surface area contributed by atoms with Crippen molar-refractivity contribution in [3.8, 4) is 11.6 Å². The number of aromatic nitrogens is 2. The molecule has 5 nitrogen and oxygen atoms in total. The first-order chi connectivity index (χ1) is 15.5. The van der Waals surface area contributed by atoms with Gasteiger partial charge in [-0.1, -0.05) is 48.5 Å². The molecule has 32 heavy (non-hydrogen) atoms. The van der Waals surface area contributed by atoms with Crippen molar-refractivity contribution < 1.29 is 22.6 Å². The molecule has 0 N–H and O–H groups in total. The van der Waals surface area contributed by atoms with E-state index in [1.165, 1.54) is 0 Å². The zero-order valence-electron chi connectivity index (χ0n) is 17.2. The molecule has 2 aliphatic rings. The van der Waals surface area contributed by atoms with Crippen LogP contribution in [0.15, 0.2) is 66.7 Å². The number of benzene rings is 2. The van der Waals surface area contributed by atoms with Gasteiger partial charge in [0.1, 0.15) is 24.0 Å². The molecule has 166 valence electrons. The molecule has 3 aromatic rings. The Morgan fingerprint density at radius 1 is 1.00 bits per heavy atom. The van der Waals surface area contributed by atoms with E-state index >= 15 is 0 Å². The summed E-state index contributed by atoms with van der Waals surface area (Å²) < 4.78 is 52.9. The number of para-hydroxylation sites is 1. The summed E-state index contributed by atoms with van der Waals surface area (Å²) in [5, 5.41) is 7.96. The zero-order valence-corrected chi connectivity index (χ0v) is 18.6. The molecule has 0 amide bonds. The number of ether oxygens (including phenoxy) is 2. The van der Waals surface area contributed by atoms with Gasteiger partial charge in [0.25, 0.3) is 0 Å². The number of anilines is 1. The standard InChI is InChI=1S/C23H22F3N3O2Si/c24-23(25,26)18-12-20(27-28-21(18)30-14-15-7-3-1-4-8-15)29-13-17(11-19-22(29)32-19)31-16-9-5-2-6-10-16/h1-10,12,17,19,22H,11,13-14,32H2/t17-,19?,22?/m1/s1. The lowest BCUT2D eigenvalue weighted by Gasteiger charge is -2.34. The van der Waals surface area contributed by atoms with Crippen LogP contribution in [0.1, 0.15) is 17.5 Å². The van der Waals surface area contributed by atoms with Crippen molar-refractivity contribution in [1.29, 1.82) is 0 Å². The lowest BCUT2D eigenvalue weighted by molar-refractivity contribution is -0.139. The van der Waals surface area contributed by atoms with Crippen molar-refractivity contribution in [2.45, 2.75) is 36.5 Å². The third kappa shape index (κ3) is 4.57. The van der Waals surface area contributed by atoms with Gasteiger partial charge in [-0.15, -0.1) is 10.2 Å². The Kier molecular flexibility index (Phi) is 5.50. The maximum atomic E-state index is 13.8. The number of halogens is 3. The monoisotopic (exact) mass is 457 g/mol. The number of nitrogens with zero attached hydrogens (tertiary/aromatic N) is 3. The fourth-order valence-corrected chi connectivity index (χ4v) is 6.29. The summed E-state index contributed by atoms with van der Waals surface area (Å²) in [5.41, 5.74) is 0.707. The molecule has 1 aromatic heterocycles. The van der Waals surface area contributed by atoms with E-state index in [2.05, 4.69) is 10.2 Å². The highest BCUT2D eigenvalue weighted by Gasteiger charge is 2.49. The van der Waals surface area contributed by atoms with Crippen LogP contribution in [-0.2, 0) is 12.8 Å². The van der Waals surface area contributed by atoms with Crippen LogP contribution < -0.4 is 14.4 Å². The van der Waals surface area contributed by atoms with Crippen molar-refractivity contribution in [1.82, 2.24) is 10.2 Å². The van der Waals surface area contributed by atoms with Crippen LogP contribution in [-0.4, -0.2) is 38.0 Å². The minimum Gasteiger partial charge on any atom is -0.489 e. The average molecular weight is 458 g/mol. The highest BCUT2D eigenvalue weighted by atomic mass is 28.2. The summed E-state index contributed by atoms with van der Waals surface area (Å²) in [6, 6.07) is 19.6. The van der Waals surface area contributed by atoms with E-state index in [0.717, 1.165) is 23.8 Å². The Hall–Kier alpha value is -3.07. The zero-order chi connectivity index (χ0) is 22.1. The second-order valence-corrected chi connectivity index (χ2v) is 10.6. The van der Waals surface area contributed by atoms with E-state index < -0.39 is 27.1 Å². The predicted octanol–water partition coefficient (Wildman–Crippen LogP) is 4.03. The fourth-order valence-electron chi connectivity index (χ4n) is 4.22. The van der Waals surface area contributed by atoms with Crippen molar-refractivity contribution in [2.75, 3.05) is 11.4 Å². The topological polar surface area (TPSA) is 47.5 Å². The summed E-state index contributed by atoms with van der Waals surface area (Å²) in [6.07, 6.45) is -3.73. The normalized spacial score (nSPS) is 23.0. The van der Waals surface area contributed by atoms with Crippen LogP contribution in [0.2, 0.25) is 5.54 Å². The molecule has 3 atom stereocenters. The van der Waals surface area contributed by atoms with Crippen LogP contribution in [0, 0.1) is 0 Å². The SMILES string of the molecule is FC(F)(F)c1cc(N2C[C@H](Oc3ccccc3)CC3[SiH2]C32)nnc1OCc1ccccc1. The smallest absolute Gasteiger partial charge is 0.421 e. The Morgan fingerprint density at radius 3 is 2.44 bits per heavy atom. The molecule has 0 spiro atoms. The molecular formula is C23H22F3N3O2Si. The van der Waals surface area contributed by atoms with Gasteiger partial charge in [0.05, 0.1) is 16.1 Å². The predicted molar refractivity (Wildman–Crippen MR) is 117 cm³/mol. The number of hydrogen-bond acceptors (Lipinski definition) is 5. The molecule has 2 saturated heterocycles. The van der Waals surface area contributed by atoms with Crippen molar-refractivity contribution in [3.63, 3.8) is 0 Å². The molecule has 0 aliphatic carbocycles. The Bertz CT molecular complexity index is 1070.